The summed E-state index contributed by atoms with van der Waals surface area (Å²) in [4.78, 5) is 12.4. The summed E-state index contributed by atoms with van der Waals surface area (Å²) in [5, 5.41) is 2.33. The molecule has 2 N–H and O–H groups in total. The second-order valence-electron chi connectivity index (χ2n) is 7.16. The van der Waals surface area contributed by atoms with E-state index >= 15 is 0 Å². The van der Waals surface area contributed by atoms with Crippen molar-refractivity contribution in [3.05, 3.63) is 28.8 Å². The number of piperidine rings is 1. The summed E-state index contributed by atoms with van der Waals surface area (Å²) in [6, 6.07) is 4.02. The zero-order valence-corrected chi connectivity index (χ0v) is 15.1. The van der Waals surface area contributed by atoms with Gasteiger partial charge in [0.05, 0.1) is 26.6 Å². The minimum atomic E-state index is -0.387. The highest BCUT2D eigenvalue weighted by Gasteiger charge is 2.35. The molecule has 0 spiro atoms. The third-order valence-electron chi connectivity index (χ3n) is 4.87. The van der Waals surface area contributed by atoms with E-state index in [9.17, 15) is 4.79 Å². The summed E-state index contributed by atoms with van der Waals surface area (Å²) >= 11 is 0. The third kappa shape index (κ3) is 4.47. The van der Waals surface area contributed by atoms with Crippen LogP contribution in [0, 0.1) is 19.8 Å². The lowest BCUT2D eigenvalue weighted by Gasteiger charge is -2.35. The van der Waals surface area contributed by atoms with Crippen LogP contribution >= 0.6 is 0 Å². The van der Waals surface area contributed by atoms with Crippen LogP contribution in [0.15, 0.2) is 12.1 Å². The molecule has 0 aromatic heterocycles. The molecule has 1 aromatic rings. The van der Waals surface area contributed by atoms with Gasteiger partial charge in [-0.05, 0) is 44.4 Å². The lowest BCUT2D eigenvalue weighted by atomic mass is 9.83. The topological polar surface area (TPSA) is 52.1 Å². The van der Waals surface area contributed by atoms with Gasteiger partial charge in [0.15, 0.2) is 0 Å². The molecule has 0 saturated carbocycles. The Morgan fingerprint density at radius 3 is 2.30 bits per heavy atom. The number of quaternary nitrogens is 1. The average Bonchev–Trinajstić information content (AvgIpc) is 2.47. The summed E-state index contributed by atoms with van der Waals surface area (Å²) in [6.45, 7) is 10.4. The number of hydrogen-bond acceptors (Lipinski definition) is 3. The fourth-order valence-corrected chi connectivity index (χ4v) is 3.67. The van der Waals surface area contributed by atoms with Gasteiger partial charge in [0.1, 0.15) is 11.4 Å². The number of carbonyl (C=O) groups excluding carboxylic acids is 1. The predicted molar refractivity (Wildman–Crippen MR) is 90.7 cm³/mol. The van der Waals surface area contributed by atoms with Gasteiger partial charge in [-0.25, -0.2) is 0 Å². The number of ether oxygens (including phenoxy) is 2. The Hall–Kier alpha value is -1.55. The first-order chi connectivity index (χ1) is 10.8. The molecule has 128 valence electrons. The van der Waals surface area contributed by atoms with E-state index in [1.165, 1.54) is 0 Å². The third-order valence-corrected chi connectivity index (χ3v) is 4.87. The first-order valence-corrected chi connectivity index (χ1v) is 8.51. The number of hydrogen-bond donors (Lipinski definition) is 1. The van der Waals surface area contributed by atoms with Crippen LogP contribution < -0.4 is 10.1 Å². The molecular weight excluding hydrogens is 290 g/mol. The summed E-state index contributed by atoms with van der Waals surface area (Å²) in [7, 11) is 1.67. The van der Waals surface area contributed by atoms with E-state index in [-0.39, 0.29) is 11.6 Å². The molecule has 0 aliphatic carbocycles. The van der Waals surface area contributed by atoms with E-state index < -0.39 is 0 Å². The van der Waals surface area contributed by atoms with Crippen LogP contribution in [0.4, 0.5) is 0 Å². The van der Waals surface area contributed by atoms with Crippen molar-refractivity contribution < 1.29 is 19.6 Å². The lowest BCUT2D eigenvalue weighted by Crippen LogP contribution is -2.86. The molecule has 1 heterocycles. The Labute approximate surface area is 139 Å². The maximum Gasteiger partial charge on any atom is 0.310 e. The summed E-state index contributed by atoms with van der Waals surface area (Å²) in [5.41, 5.74) is 2.70. The Balaban J connectivity index is 2.01. The van der Waals surface area contributed by atoms with Gasteiger partial charge in [-0.15, -0.1) is 0 Å². The van der Waals surface area contributed by atoms with Crippen LogP contribution in [0.5, 0.6) is 5.75 Å². The number of aryl methyl sites for hydroxylation is 2. The number of carbonyl (C=O) groups is 1. The van der Waals surface area contributed by atoms with Crippen molar-refractivity contribution in [3.8, 4) is 5.75 Å². The quantitative estimate of drug-likeness (QED) is 0.846. The largest absolute Gasteiger partial charge is 0.496 e. The molecule has 1 aliphatic heterocycles. The second-order valence-corrected chi connectivity index (χ2v) is 7.16. The van der Waals surface area contributed by atoms with Crippen molar-refractivity contribution in [1.29, 1.82) is 0 Å². The molecule has 0 unspecified atom stereocenters. The highest BCUT2D eigenvalue weighted by atomic mass is 16.6. The monoisotopic (exact) mass is 320 g/mol. The highest BCUT2D eigenvalue weighted by Crippen LogP contribution is 2.29. The zero-order chi connectivity index (χ0) is 17.0. The molecule has 1 aliphatic rings. The van der Waals surface area contributed by atoms with Gasteiger partial charge in [-0.1, -0.05) is 12.1 Å². The molecule has 0 atom stereocenters. The smallest absolute Gasteiger partial charge is 0.310 e. The fourth-order valence-electron chi connectivity index (χ4n) is 3.67. The lowest BCUT2D eigenvalue weighted by molar-refractivity contribution is -0.665. The first-order valence-electron chi connectivity index (χ1n) is 8.51. The Morgan fingerprint density at radius 1 is 1.22 bits per heavy atom. The van der Waals surface area contributed by atoms with Gasteiger partial charge >= 0.3 is 5.97 Å². The van der Waals surface area contributed by atoms with Crippen molar-refractivity contribution >= 4 is 5.97 Å². The minimum Gasteiger partial charge on any atom is -0.496 e. The number of esters is 1. The Morgan fingerprint density at radius 2 is 1.78 bits per heavy atom. The molecular formula is C19H30NO3+. The molecule has 23 heavy (non-hydrogen) atoms. The van der Waals surface area contributed by atoms with Crippen molar-refractivity contribution in [2.75, 3.05) is 20.2 Å². The van der Waals surface area contributed by atoms with Crippen LogP contribution in [0.2, 0.25) is 0 Å². The summed E-state index contributed by atoms with van der Waals surface area (Å²) < 4.78 is 11.2. The maximum absolute atomic E-state index is 12.4. The van der Waals surface area contributed by atoms with E-state index in [1.807, 2.05) is 39.8 Å². The number of methoxy groups -OCH3 is 1. The maximum atomic E-state index is 12.4. The molecule has 0 bridgehead atoms. The van der Waals surface area contributed by atoms with E-state index in [2.05, 4.69) is 5.32 Å². The Bertz CT molecular complexity index is 537. The van der Waals surface area contributed by atoms with Gasteiger partial charge in [-0.3, -0.25) is 4.79 Å². The van der Waals surface area contributed by atoms with Crippen LogP contribution in [-0.4, -0.2) is 31.8 Å². The molecule has 4 nitrogen and oxygen atoms in total. The van der Waals surface area contributed by atoms with Gasteiger partial charge in [0.2, 0.25) is 0 Å². The van der Waals surface area contributed by atoms with Gasteiger partial charge < -0.3 is 14.8 Å². The van der Waals surface area contributed by atoms with E-state index in [0.29, 0.717) is 12.3 Å². The highest BCUT2D eigenvalue weighted by molar-refractivity contribution is 5.73. The molecule has 2 rings (SSSR count). The number of benzene rings is 1. The summed E-state index contributed by atoms with van der Waals surface area (Å²) in [6.07, 6.45) is 2.54. The van der Waals surface area contributed by atoms with Crippen molar-refractivity contribution in [2.45, 2.75) is 52.6 Å². The molecule has 1 saturated heterocycles. The van der Waals surface area contributed by atoms with Crippen molar-refractivity contribution in [2.24, 2.45) is 5.92 Å². The van der Waals surface area contributed by atoms with Crippen molar-refractivity contribution in [1.82, 2.24) is 0 Å². The average molecular weight is 320 g/mol. The molecule has 0 amide bonds. The van der Waals surface area contributed by atoms with Crippen LogP contribution in [0.3, 0.4) is 0 Å². The number of rotatable bonds is 5. The van der Waals surface area contributed by atoms with Crippen LogP contribution in [-0.2, 0) is 16.0 Å². The number of nitrogens with two attached hydrogens (primary N) is 1. The summed E-state index contributed by atoms with van der Waals surface area (Å²) in [5.74, 6) is 1.20. The predicted octanol–water partition coefficient (Wildman–Crippen LogP) is 2.15. The first kappa shape index (κ1) is 17.8. The van der Waals surface area contributed by atoms with E-state index in [1.54, 1.807) is 7.11 Å². The second kappa shape index (κ2) is 7.35. The zero-order valence-electron chi connectivity index (χ0n) is 15.1. The minimum absolute atomic E-state index is 0.145. The molecule has 1 fully saturated rings. The molecule has 4 heteroatoms. The molecule has 0 radical (unpaired) electrons. The standard InChI is InChI=1S/C19H29NO3/c1-13-10-15(11-14(2)18(13)22-5)12-17(21)23-19(3,4)16-6-8-20-9-7-16/h10-11,16,20H,6-9,12H2,1-5H3/p+1. The van der Waals surface area contributed by atoms with Gasteiger partial charge in [-0.2, -0.15) is 0 Å². The van der Waals surface area contributed by atoms with Crippen LogP contribution in [0.1, 0.15) is 43.4 Å². The van der Waals surface area contributed by atoms with Gasteiger partial charge in [0.25, 0.3) is 0 Å². The van der Waals surface area contributed by atoms with E-state index in [4.69, 9.17) is 9.47 Å². The van der Waals surface area contributed by atoms with Crippen molar-refractivity contribution in [3.63, 3.8) is 0 Å². The molecule has 1 aromatic carbocycles. The SMILES string of the molecule is COc1c(C)cc(CC(=O)OC(C)(C)C2CC[NH2+]CC2)cc1C. The van der Waals surface area contributed by atoms with Crippen LogP contribution in [0.25, 0.3) is 0 Å². The Kier molecular flexibility index (Phi) is 5.69. The van der Waals surface area contributed by atoms with E-state index in [0.717, 1.165) is 48.4 Å². The normalized spacial score (nSPS) is 16.2. The van der Waals surface area contributed by atoms with Gasteiger partial charge in [0, 0.05) is 18.8 Å². The fraction of sp³-hybridized carbons (Fsp3) is 0.632.